The maximum absolute atomic E-state index is 12.8. The Morgan fingerprint density at radius 3 is 2.42 bits per heavy atom. The van der Waals surface area contributed by atoms with Crippen LogP contribution in [0.15, 0.2) is 72.0 Å². The van der Waals surface area contributed by atoms with Crippen LogP contribution in [0.2, 0.25) is 0 Å². The van der Waals surface area contributed by atoms with Crippen molar-refractivity contribution in [3.05, 3.63) is 72.4 Å². The maximum atomic E-state index is 12.8. The van der Waals surface area contributed by atoms with Crippen LogP contribution in [0.5, 0.6) is 0 Å². The van der Waals surface area contributed by atoms with Crippen molar-refractivity contribution in [1.82, 2.24) is 15.0 Å². The van der Waals surface area contributed by atoms with Gasteiger partial charge in [0.15, 0.2) is 5.16 Å². The number of nitrogen functional groups attached to an aromatic ring is 1. The van der Waals surface area contributed by atoms with E-state index in [1.165, 1.54) is 16.4 Å². The largest absolute Gasteiger partial charge is 0.352 e. The number of nitrogens with zero attached hydrogens (tertiary/aromatic N) is 2. The van der Waals surface area contributed by atoms with E-state index in [0.717, 1.165) is 29.7 Å². The summed E-state index contributed by atoms with van der Waals surface area (Å²) in [5.74, 6) is 6.13. The Labute approximate surface area is 156 Å². The van der Waals surface area contributed by atoms with Gasteiger partial charge in [0.05, 0.1) is 11.9 Å². The van der Waals surface area contributed by atoms with Gasteiger partial charge in [0.1, 0.15) is 5.25 Å². The highest BCUT2D eigenvalue weighted by Crippen LogP contribution is 2.36. The summed E-state index contributed by atoms with van der Waals surface area (Å²) >= 11 is 1.38. The first kappa shape index (κ1) is 16.7. The fraction of sp³-hybridized carbons (Fsp3) is 0.200. The van der Waals surface area contributed by atoms with Gasteiger partial charge in [-0.15, -0.1) is 0 Å². The lowest BCUT2D eigenvalue weighted by Crippen LogP contribution is -2.30. The van der Waals surface area contributed by atoms with E-state index in [4.69, 9.17) is 5.84 Å². The molecule has 1 heterocycles. The summed E-state index contributed by atoms with van der Waals surface area (Å²) in [6, 6.07) is 19.9. The number of nitrogens with two attached hydrogens (primary N) is 1. The van der Waals surface area contributed by atoms with Crippen molar-refractivity contribution in [1.29, 1.82) is 0 Å². The molecule has 1 fully saturated rings. The molecule has 1 atom stereocenters. The van der Waals surface area contributed by atoms with Crippen LogP contribution >= 0.6 is 11.8 Å². The minimum Gasteiger partial charge on any atom is -0.352 e. The van der Waals surface area contributed by atoms with Crippen LogP contribution in [0.25, 0.3) is 11.3 Å². The number of rotatable bonds is 6. The van der Waals surface area contributed by atoms with Crippen LogP contribution in [0.4, 0.5) is 0 Å². The summed E-state index contributed by atoms with van der Waals surface area (Å²) in [4.78, 5) is 17.4. The number of hydrogen-bond donors (Lipinski definition) is 2. The number of carbonyl (C=O) groups is 1. The molecule has 1 aromatic heterocycles. The zero-order chi connectivity index (χ0) is 17.9. The molecule has 0 radical (unpaired) electrons. The first-order valence-corrected chi connectivity index (χ1v) is 9.50. The lowest BCUT2D eigenvalue weighted by molar-refractivity contribution is -0.120. The number of imidazole rings is 1. The van der Waals surface area contributed by atoms with Gasteiger partial charge in [-0.2, -0.15) is 0 Å². The fourth-order valence-electron chi connectivity index (χ4n) is 2.72. The second kappa shape index (κ2) is 7.25. The van der Waals surface area contributed by atoms with E-state index in [1.807, 2.05) is 60.7 Å². The molecule has 0 saturated heterocycles. The molecular formula is C20H20N4OS. The standard InChI is InChI=1S/C20H20N4OS/c21-24-13-17(14-7-3-1-4-8-14)23-20(24)26-18(15-9-5-2-6-10-15)19(25)22-16-11-12-16/h1-10,13,16,18H,11-12,21H2,(H,22,25)/t18-/m1/s1. The molecular weight excluding hydrogens is 344 g/mol. The molecule has 1 aliphatic rings. The maximum Gasteiger partial charge on any atom is 0.238 e. The Kier molecular flexibility index (Phi) is 4.67. The highest BCUT2D eigenvalue weighted by Gasteiger charge is 2.30. The predicted octanol–water partition coefficient (Wildman–Crippen LogP) is 3.38. The van der Waals surface area contributed by atoms with Gasteiger partial charge in [-0.3, -0.25) is 4.79 Å². The Balaban J connectivity index is 1.61. The number of aromatic nitrogens is 2. The first-order chi connectivity index (χ1) is 12.7. The average Bonchev–Trinajstić information content (AvgIpc) is 3.41. The van der Waals surface area contributed by atoms with Crippen molar-refractivity contribution in [2.75, 3.05) is 5.84 Å². The molecule has 1 saturated carbocycles. The second-order valence-electron chi connectivity index (χ2n) is 6.37. The van der Waals surface area contributed by atoms with Crippen molar-refractivity contribution in [3.63, 3.8) is 0 Å². The Morgan fingerprint density at radius 1 is 1.12 bits per heavy atom. The normalized spacial score (nSPS) is 14.8. The zero-order valence-corrected chi connectivity index (χ0v) is 15.0. The number of amides is 1. The van der Waals surface area contributed by atoms with Crippen LogP contribution in [0.3, 0.4) is 0 Å². The van der Waals surface area contributed by atoms with Crippen molar-refractivity contribution in [2.45, 2.75) is 29.3 Å². The summed E-state index contributed by atoms with van der Waals surface area (Å²) in [7, 11) is 0. The third kappa shape index (κ3) is 3.75. The predicted molar refractivity (Wildman–Crippen MR) is 104 cm³/mol. The molecule has 5 nitrogen and oxygen atoms in total. The molecule has 0 spiro atoms. The average molecular weight is 364 g/mol. The van der Waals surface area contributed by atoms with Gasteiger partial charge < -0.3 is 11.2 Å². The third-order valence-corrected chi connectivity index (χ3v) is 5.49. The van der Waals surface area contributed by atoms with E-state index < -0.39 is 0 Å². The fourth-order valence-corrected chi connectivity index (χ4v) is 3.73. The summed E-state index contributed by atoms with van der Waals surface area (Å²) in [5, 5.41) is 3.32. The van der Waals surface area contributed by atoms with Crippen LogP contribution in [-0.2, 0) is 4.79 Å². The minimum absolute atomic E-state index is 0.00737. The van der Waals surface area contributed by atoms with Gasteiger partial charge in [0.25, 0.3) is 0 Å². The Morgan fingerprint density at radius 2 is 1.77 bits per heavy atom. The van der Waals surface area contributed by atoms with Gasteiger partial charge in [-0.25, -0.2) is 9.66 Å². The molecule has 2 aromatic carbocycles. The van der Waals surface area contributed by atoms with Crippen LogP contribution < -0.4 is 11.2 Å². The number of hydrogen-bond acceptors (Lipinski definition) is 4. The van der Waals surface area contributed by atoms with Crippen LogP contribution in [0, 0.1) is 0 Å². The highest BCUT2D eigenvalue weighted by atomic mass is 32.2. The minimum atomic E-state index is -0.384. The van der Waals surface area contributed by atoms with Gasteiger partial charge >= 0.3 is 0 Å². The smallest absolute Gasteiger partial charge is 0.238 e. The first-order valence-electron chi connectivity index (χ1n) is 8.62. The van der Waals surface area contributed by atoms with Crippen LogP contribution in [0.1, 0.15) is 23.7 Å². The SMILES string of the molecule is Nn1cc(-c2ccccc2)nc1S[C@@H](C(=O)NC1CC1)c1ccccc1. The molecule has 1 aliphatic carbocycles. The molecule has 0 aliphatic heterocycles. The number of nitrogens with one attached hydrogen (secondary N) is 1. The molecule has 132 valence electrons. The molecule has 6 heteroatoms. The van der Waals surface area contributed by atoms with Crippen LogP contribution in [-0.4, -0.2) is 21.6 Å². The van der Waals surface area contributed by atoms with Crippen molar-refractivity contribution >= 4 is 17.7 Å². The lowest BCUT2D eigenvalue weighted by Gasteiger charge is -2.16. The quantitative estimate of drug-likeness (QED) is 0.519. The van der Waals surface area contributed by atoms with E-state index in [1.54, 1.807) is 6.20 Å². The molecule has 3 aromatic rings. The lowest BCUT2D eigenvalue weighted by atomic mass is 10.1. The van der Waals surface area contributed by atoms with E-state index in [-0.39, 0.29) is 11.2 Å². The summed E-state index contributed by atoms with van der Waals surface area (Å²) in [6.07, 6.45) is 3.90. The van der Waals surface area contributed by atoms with Crippen molar-refractivity contribution < 1.29 is 4.79 Å². The molecule has 1 amide bonds. The van der Waals surface area contributed by atoms with Gasteiger partial charge in [0, 0.05) is 11.6 Å². The van der Waals surface area contributed by atoms with Crippen molar-refractivity contribution in [3.8, 4) is 11.3 Å². The molecule has 0 unspecified atom stereocenters. The summed E-state index contributed by atoms with van der Waals surface area (Å²) < 4.78 is 1.49. The summed E-state index contributed by atoms with van der Waals surface area (Å²) in [6.45, 7) is 0. The number of carbonyl (C=O) groups excluding carboxylic acids is 1. The van der Waals surface area contributed by atoms with Gasteiger partial charge in [-0.05, 0) is 18.4 Å². The van der Waals surface area contributed by atoms with E-state index >= 15 is 0 Å². The third-order valence-electron chi connectivity index (χ3n) is 4.26. The molecule has 26 heavy (non-hydrogen) atoms. The van der Waals surface area contributed by atoms with Gasteiger partial charge in [0.2, 0.25) is 5.91 Å². The Bertz CT molecular complexity index is 891. The molecule has 3 N–H and O–H groups in total. The van der Waals surface area contributed by atoms with E-state index in [9.17, 15) is 4.79 Å². The number of thioether (sulfide) groups is 1. The van der Waals surface area contributed by atoms with Gasteiger partial charge in [-0.1, -0.05) is 72.4 Å². The molecule has 0 bridgehead atoms. The highest BCUT2D eigenvalue weighted by molar-refractivity contribution is 8.00. The molecule has 4 rings (SSSR count). The summed E-state index contributed by atoms with van der Waals surface area (Å²) in [5.41, 5.74) is 2.74. The zero-order valence-electron chi connectivity index (χ0n) is 14.2. The van der Waals surface area contributed by atoms with Crippen molar-refractivity contribution in [2.24, 2.45) is 0 Å². The van der Waals surface area contributed by atoms with E-state index in [2.05, 4.69) is 10.3 Å². The number of benzene rings is 2. The topological polar surface area (TPSA) is 72.9 Å². The monoisotopic (exact) mass is 364 g/mol. The Hall–Kier alpha value is -2.73. The second-order valence-corrected chi connectivity index (χ2v) is 7.45. The van der Waals surface area contributed by atoms with E-state index in [0.29, 0.717) is 11.2 Å².